The van der Waals surface area contributed by atoms with Crippen LogP contribution >= 0.6 is 0 Å². The van der Waals surface area contributed by atoms with Gasteiger partial charge in [-0.3, -0.25) is 19.7 Å². The van der Waals surface area contributed by atoms with Crippen LogP contribution in [-0.2, 0) is 4.79 Å². The molecule has 0 fully saturated rings. The summed E-state index contributed by atoms with van der Waals surface area (Å²) in [5.41, 5.74) is 4.89. The van der Waals surface area contributed by atoms with E-state index in [1.165, 1.54) is 12.3 Å². The topological polar surface area (TPSA) is 117 Å². The number of nitrogens with one attached hydrogen (secondary N) is 2. The number of benzene rings is 2. The number of nitro benzene ring substituents is 1. The second kappa shape index (κ2) is 11.8. The van der Waals surface area contributed by atoms with Crippen LogP contribution in [0, 0.1) is 23.0 Å². The van der Waals surface area contributed by atoms with Crippen LogP contribution in [0.15, 0.2) is 47.6 Å². The number of amides is 2. The van der Waals surface area contributed by atoms with Gasteiger partial charge in [0.25, 0.3) is 17.5 Å². The van der Waals surface area contributed by atoms with Crippen molar-refractivity contribution in [2.45, 2.75) is 40.7 Å². The van der Waals surface area contributed by atoms with E-state index in [0.29, 0.717) is 29.9 Å². The van der Waals surface area contributed by atoms with Gasteiger partial charge in [-0.2, -0.15) is 5.10 Å². The first-order valence-corrected chi connectivity index (χ1v) is 10.9. The van der Waals surface area contributed by atoms with Crippen molar-refractivity contribution in [2.75, 3.05) is 18.0 Å². The number of hydrogen-bond acceptors (Lipinski definition) is 6. The Balaban J connectivity index is 2.11. The van der Waals surface area contributed by atoms with E-state index in [9.17, 15) is 19.7 Å². The third kappa shape index (κ3) is 6.86. The van der Waals surface area contributed by atoms with Gasteiger partial charge in [0.1, 0.15) is 11.7 Å². The highest BCUT2D eigenvalue weighted by Gasteiger charge is 2.24. The number of aryl methyl sites for hydroxylation is 1. The van der Waals surface area contributed by atoms with E-state index in [2.05, 4.69) is 15.8 Å². The normalized spacial score (nSPS) is 11.9. The predicted octanol–water partition coefficient (Wildman–Crippen LogP) is 3.65. The molecule has 0 spiro atoms. The molecule has 0 saturated heterocycles. The van der Waals surface area contributed by atoms with Crippen LogP contribution in [-0.4, -0.2) is 42.1 Å². The third-order valence-corrected chi connectivity index (χ3v) is 5.24. The van der Waals surface area contributed by atoms with Crippen molar-refractivity contribution in [1.82, 2.24) is 10.7 Å². The Kier molecular flexibility index (Phi) is 9.08. The van der Waals surface area contributed by atoms with Crippen molar-refractivity contribution < 1.29 is 14.5 Å². The Bertz CT molecular complexity index is 1010. The molecule has 1 unspecified atom stereocenters. The van der Waals surface area contributed by atoms with Gasteiger partial charge in [-0.15, -0.1) is 0 Å². The Hall–Kier alpha value is -3.75. The van der Waals surface area contributed by atoms with Crippen LogP contribution in [0.2, 0.25) is 0 Å². The van der Waals surface area contributed by atoms with Crippen molar-refractivity contribution in [3.8, 4) is 0 Å². The number of nitrogens with zero attached hydrogens (tertiary/aromatic N) is 3. The van der Waals surface area contributed by atoms with Gasteiger partial charge in [-0.25, -0.2) is 5.43 Å². The lowest BCUT2D eigenvalue weighted by molar-refractivity contribution is -0.384. The monoisotopic (exact) mass is 453 g/mol. The largest absolute Gasteiger partial charge is 0.367 e. The zero-order valence-corrected chi connectivity index (χ0v) is 19.7. The van der Waals surface area contributed by atoms with Crippen LogP contribution in [0.3, 0.4) is 0 Å². The molecule has 0 aliphatic heterocycles. The molecule has 2 N–H and O–H groups in total. The number of hydrogen-bond donors (Lipinski definition) is 2. The van der Waals surface area contributed by atoms with Gasteiger partial charge in [-0.05, 0) is 44.9 Å². The first-order chi connectivity index (χ1) is 15.7. The summed E-state index contributed by atoms with van der Waals surface area (Å²) in [7, 11) is 0. The quantitative estimate of drug-likeness (QED) is 0.323. The molecular formula is C24H31N5O4. The number of anilines is 1. The molecule has 9 heteroatoms. The summed E-state index contributed by atoms with van der Waals surface area (Å²) in [4.78, 5) is 38.1. The molecule has 0 aliphatic carbocycles. The van der Waals surface area contributed by atoms with Crippen molar-refractivity contribution in [2.24, 2.45) is 11.0 Å². The van der Waals surface area contributed by atoms with E-state index in [4.69, 9.17) is 0 Å². The fraction of sp³-hybridized carbons (Fsp3) is 0.375. The zero-order valence-electron chi connectivity index (χ0n) is 19.7. The van der Waals surface area contributed by atoms with Crippen LogP contribution < -0.4 is 15.6 Å². The van der Waals surface area contributed by atoms with Gasteiger partial charge in [0, 0.05) is 30.3 Å². The highest BCUT2D eigenvalue weighted by molar-refractivity contribution is 5.97. The number of rotatable bonds is 10. The number of carbonyl (C=O) groups excluding carboxylic acids is 2. The molecule has 0 saturated carbocycles. The Morgan fingerprint density at radius 3 is 2.30 bits per heavy atom. The molecule has 2 amide bonds. The molecule has 0 aliphatic rings. The molecule has 176 valence electrons. The summed E-state index contributed by atoms with van der Waals surface area (Å²) in [6.45, 7) is 10.7. The molecule has 0 aromatic heterocycles. The summed E-state index contributed by atoms with van der Waals surface area (Å²) in [6.07, 6.45) is 1.34. The number of carbonyl (C=O) groups is 2. The highest BCUT2D eigenvalue weighted by atomic mass is 16.6. The van der Waals surface area contributed by atoms with Gasteiger partial charge in [0.15, 0.2) is 0 Å². The van der Waals surface area contributed by atoms with Crippen molar-refractivity contribution in [3.05, 3.63) is 69.3 Å². The maximum Gasteiger partial charge on any atom is 0.293 e. The molecule has 0 radical (unpaired) electrons. The molecular weight excluding hydrogens is 422 g/mol. The lowest BCUT2D eigenvalue weighted by Crippen LogP contribution is -2.48. The Labute approximate surface area is 194 Å². The van der Waals surface area contributed by atoms with Gasteiger partial charge in [-0.1, -0.05) is 37.6 Å². The summed E-state index contributed by atoms with van der Waals surface area (Å²) in [6, 6.07) is 11.1. The lowest BCUT2D eigenvalue weighted by atomic mass is 10.0. The van der Waals surface area contributed by atoms with Gasteiger partial charge >= 0.3 is 0 Å². The summed E-state index contributed by atoms with van der Waals surface area (Å²) in [5, 5.41) is 18.2. The highest BCUT2D eigenvalue weighted by Crippen LogP contribution is 2.28. The maximum atomic E-state index is 12.6. The van der Waals surface area contributed by atoms with E-state index in [-0.39, 0.29) is 17.5 Å². The fourth-order valence-electron chi connectivity index (χ4n) is 3.30. The number of hydrazone groups is 1. The van der Waals surface area contributed by atoms with Gasteiger partial charge in [0.05, 0.1) is 11.1 Å². The first kappa shape index (κ1) is 25.5. The Morgan fingerprint density at radius 1 is 1.12 bits per heavy atom. The van der Waals surface area contributed by atoms with Crippen molar-refractivity contribution >= 4 is 29.4 Å². The molecule has 2 aromatic carbocycles. The van der Waals surface area contributed by atoms with Gasteiger partial charge in [0.2, 0.25) is 0 Å². The minimum Gasteiger partial charge on any atom is -0.367 e. The van der Waals surface area contributed by atoms with Crippen molar-refractivity contribution in [1.29, 1.82) is 0 Å². The molecule has 2 rings (SSSR count). The van der Waals surface area contributed by atoms with E-state index in [1.54, 1.807) is 24.3 Å². The zero-order chi connectivity index (χ0) is 24.5. The van der Waals surface area contributed by atoms with Crippen LogP contribution in [0.1, 0.15) is 49.2 Å². The summed E-state index contributed by atoms with van der Waals surface area (Å²) in [5.74, 6) is -1.00. The maximum absolute atomic E-state index is 12.6. The first-order valence-electron chi connectivity index (χ1n) is 10.9. The number of nitro groups is 1. The van der Waals surface area contributed by atoms with E-state index in [1.807, 2.05) is 51.7 Å². The van der Waals surface area contributed by atoms with Crippen molar-refractivity contribution in [3.63, 3.8) is 0 Å². The van der Waals surface area contributed by atoms with E-state index < -0.39 is 16.9 Å². The molecule has 1 atom stereocenters. The molecule has 2 aromatic rings. The standard InChI is InChI=1S/C24H31N5O4/c1-6-28(7-2)20-13-10-18(14-21(20)29(32)33)15-25-27-24(31)22(16(3)4)26-23(30)19-11-8-17(5)9-12-19/h8-16,22H,6-7H2,1-5H3,(H,26,30)(H,27,31)/b25-15-. The minimum atomic E-state index is -0.796. The second-order valence-corrected chi connectivity index (χ2v) is 7.97. The van der Waals surface area contributed by atoms with E-state index in [0.717, 1.165) is 5.56 Å². The lowest BCUT2D eigenvalue weighted by Gasteiger charge is -2.21. The summed E-state index contributed by atoms with van der Waals surface area (Å²) < 4.78 is 0. The SMILES string of the molecule is CCN(CC)c1ccc(/C=N\NC(=O)C(NC(=O)c2ccc(C)cc2)C(C)C)cc1[N+](=O)[O-]. The second-order valence-electron chi connectivity index (χ2n) is 7.97. The molecule has 0 heterocycles. The predicted molar refractivity (Wildman–Crippen MR) is 130 cm³/mol. The van der Waals surface area contributed by atoms with Crippen LogP contribution in [0.5, 0.6) is 0 Å². The third-order valence-electron chi connectivity index (χ3n) is 5.24. The molecule has 0 bridgehead atoms. The van der Waals surface area contributed by atoms with Crippen LogP contribution in [0.4, 0.5) is 11.4 Å². The van der Waals surface area contributed by atoms with Crippen LogP contribution in [0.25, 0.3) is 0 Å². The summed E-state index contributed by atoms with van der Waals surface area (Å²) >= 11 is 0. The molecule has 9 nitrogen and oxygen atoms in total. The smallest absolute Gasteiger partial charge is 0.293 e. The molecule has 33 heavy (non-hydrogen) atoms. The fourth-order valence-corrected chi connectivity index (χ4v) is 3.30. The Morgan fingerprint density at radius 2 is 1.76 bits per heavy atom. The van der Waals surface area contributed by atoms with Gasteiger partial charge < -0.3 is 10.2 Å². The average molecular weight is 454 g/mol. The minimum absolute atomic E-state index is 0.0283. The average Bonchev–Trinajstić information content (AvgIpc) is 2.78. The van der Waals surface area contributed by atoms with E-state index >= 15 is 0 Å².